The number of aromatic nitrogens is 1. The number of fused-ring (bicyclic) bond motifs is 1. The third-order valence-corrected chi connectivity index (χ3v) is 3.60. The molecule has 0 saturated carbocycles. The number of para-hydroxylation sites is 1. The number of esters is 1. The Morgan fingerprint density at radius 2 is 1.56 bits per heavy atom. The molecule has 0 unspecified atom stereocenters. The number of benzene rings is 2. The molecule has 0 aliphatic heterocycles. The molecular weight excluding hydrogens is 314 g/mol. The molecular formula is C21H19NO3. The lowest BCUT2D eigenvalue weighted by atomic mass is 9.99. The number of hydrogen-bond acceptors (Lipinski definition) is 4. The molecule has 4 heteroatoms. The average molecular weight is 333 g/mol. The van der Waals surface area contributed by atoms with Crippen LogP contribution in [0.15, 0.2) is 60.7 Å². The fraction of sp³-hybridized carbons (Fsp3) is 0.190. The first-order chi connectivity index (χ1) is 11.8. The molecule has 0 spiro atoms. The monoisotopic (exact) mass is 333 g/mol. The zero-order valence-electron chi connectivity index (χ0n) is 14.4. The Bertz CT molecular complexity index is 940. The number of hydrogen-bond donors (Lipinski definition) is 0. The second kappa shape index (κ2) is 6.48. The van der Waals surface area contributed by atoms with Crippen molar-refractivity contribution < 1.29 is 14.3 Å². The summed E-state index contributed by atoms with van der Waals surface area (Å²) in [7, 11) is 0. The highest BCUT2D eigenvalue weighted by Crippen LogP contribution is 2.22. The van der Waals surface area contributed by atoms with Gasteiger partial charge in [-0.05, 0) is 32.9 Å². The zero-order valence-corrected chi connectivity index (χ0v) is 14.4. The maximum absolute atomic E-state index is 12.9. The maximum atomic E-state index is 12.9. The number of nitrogens with zero attached hydrogens (tertiary/aromatic N) is 1. The van der Waals surface area contributed by atoms with Crippen LogP contribution >= 0.6 is 0 Å². The van der Waals surface area contributed by atoms with Crippen molar-refractivity contribution in [3.63, 3.8) is 0 Å². The van der Waals surface area contributed by atoms with Crippen molar-refractivity contribution in [2.75, 3.05) is 0 Å². The van der Waals surface area contributed by atoms with E-state index < -0.39 is 11.6 Å². The fourth-order valence-electron chi connectivity index (χ4n) is 2.52. The van der Waals surface area contributed by atoms with Crippen molar-refractivity contribution in [2.24, 2.45) is 0 Å². The van der Waals surface area contributed by atoms with Crippen LogP contribution in [0.4, 0.5) is 0 Å². The van der Waals surface area contributed by atoms with E-state index in [0.29, 0.717) is 11.1 Å². The molecule has 3 aromatic rings. The lowest BCUT2D eigenvalue weighted by Crippen LogP contribution is -2.26. The van der Waals surface area contributed by atoms with Crippen LogP contribution in [-0.2, 0) is 4.74 Å². The minimum atomic E-state index is -0.669. The van der Waals surface area contributed by atoms with Gasteiger partial charge in [0.25, 0.3) is 0 Å². The second-order valence-corrected chi connectivity index (χ2v) is 6.77. The predicted molar refractivity (Wildman–Crippen MR) is 96.8 cm³/mol. The van der Waals surface area contributed by atoms with Crippen LogP contribution in [0.2, 0.25) is 0 Å². The molecule has 0 saturated heterocycles. The number of carbonyl (C=O) groups is 2. The van der Waals surface area contributed by atoms with Gasteiger partial charge < -0.3 is 4.74 Å². The first kappa shape index (κ1) is 16.8. The summed E-state index contributed by atoms with van der Waals surface area (Å²) in [6.07, 6.45) is 0. The molecule has 0 bridgehead atoms. The quantitative estimate of drug-likeness (QED) is 0.526. The Morgan fingerprint density at radius 3 is 2.24 bits per heavy atom. The van der Waals surface area contributed by atoms with Crippen LogP contribution in [0.3, 0.4) is 0 Å². The first-order valence-electron chi connectivity index (χ1n) is 8.08. The normalized spacial score (nSPS) is 11.3. The topological polar surface area (TPSA) is 56.3 Å². The molecule has 0 amide bonds. The van der Waals surface area contributed by atoms with Gasteiger partial charge in [-0.15, -0.1) is 0 Å². The van der Waals surface area contributed by atoms with E-state index in [9.17, 15) is 9.59 Å². The zero-order chi connectivity index (χ0) is 18.0. The summed E-state index contributed by atoms with van der Waals surface area (Å²) in [6, 6.07) is 17.9. The highest BCUT2D eigenvalue weighted by Gasteiger charge is 2.25. The summed E-state index contributed by atoms with van der Waals surface area (Å²) in [5.41, 5.74) is 0.774. The lowest BCUT2D eigenvalue weighted by molar-refractivity contribution is 0.00616. The first-order valence-corrected chi connectivity index (χ1v) is 8.08. The van der Waals surface area contributed by atoms with Crippen LogP contribution in [-0.4, -0.2) is 22.3 Å². The Morgan fingerprint density at radius 1 is 0.920 bits per heavy atom. The van der Waals surface area contributed by atoms with E-state index in [1.165, 1.54) is 0 Å². The molecule has 0 radical (unpaired) electrons. The van der Waals surface area contributed by atoms with Gasteiger partial charge in [0.2, 0.25) is 0 Å². The molecule has 126 valence electrons. The van der Waals surface area contributed by atoms with E-state index in [-0.39, 0.29) is 17.0 Å². The second-order valence-electron chi connectivity index (χ2n) is 6.77. The molecule has 0 aliphatic carbocycles. The van der Waals surface area contributed by atoms with Gasteiger partial charge in [-0.25, -0.2) is 9.78 Å². The number of carbonyl (C=O) groups excluding carboxylic acids is 2. The summed E-state index contributed by atoms with van der Waals surface area (Å²) >= 11 is 0. The molecule has 1 aromatic heterocycles. The largest absolute Gasteiger partial charge is 0.455 e. The average Bonchev–Trinajstić information content (AvgIpc) is 2.59. The van der Waals surface area contributed by atoms with E-state index in [2.05, 4.69) is 4.98 Å². The molecule has 2 aromatic carbocycles. The van der Waals surface area contributed by atoms with Gasteiger partial charge >= 0.3 is 5.97 Å². The predicted octanol–water partition coefficient (Wildman–Crippen LogP) is 4.42. The minimum absolute atomic E-state index is 0.0440. The highest BCUT2D eigenvalue weighted by molar-refractivity contribution is 6.15. The number of rotatable bonds is 3. The van der Waals surface area contributed by atoms with Crippen LogP contribution in [0, 0.1) is 0 Å². The Hall–Kier alpha value is -3.01. The van der Waals surface area contributed by atoms with Gasteiger partial charge in [0.15, 0.2) is 11.5 Å². The van der Waals surface area contributed by atoms with E-state index in [1.807, 2.05) is 24.3 Å². The van der Waals surface area contributed by atoms with Gasteiger partial charge in [-0.2, -0.15) is 0 Å². The Kier molecular flexibility index (Phi) is 4.36. The molecule has 1 heterocycles. The van der Waals surface area contributed by atoms with Gasteiger partial charge in [-0.1, -0.05) is 48.5 Å². The summed E-state index contributed by atoms with van der Waals surface area (Å²) in [5.74, 6) is -0.850. The number of ether oxygens (including phenoxy) is 1. The summed E-state index contributed by atoms with van der Waals surface area (Å²) in [4.78, 5) is 30.0. The maximum Gasteiger partial charge on any atom is 0.358 e. The van der Waals surface area contributed by atoms with Crippen LogP contribution in [0.5, 0.6) is 0 Å². The summed E-state index contributed by atoms with van der Waals surface area (Å²) < 4.78 is 5.45. The van der Waals surface area contributed by atoms with E-state index in [0.717, 1.165) is 5.39 Å². The van der Waals surface area contributed by atoms with Crippen molar-refractivity contribution >= 4 is 22.7 Å². The van der Waals surface area contributed by atoms with Gasteiger partial charge in [0, 0.05) is 10.9 Å². The van der Waals surface area contributed by atoms with Gasteiger partial charge in [0.05, 0.1) is 11.1 Å². The van der Waals surface area contributed by atoms with E-state index in [4.69, 9.17) is 4.74 Å². The molecule has 0 aliphatic rings. The third kappa shape index (κ3) is 3.74. The molecule has 3 rings (SSSR count). The molecule has 0 atom stereocenters. The highest BCUT2D eigenvalue weighted by atomic mass is 16.6. The van der Waals surface area contributed by atoms with Gasteiger partial charge in [-0.3, -0.25) is 4.79 Å². The molecule has 0 fully saturated rings. The van der Waals surface area contributed by atoms with Crippen molar-refractivity contribution in [1.29, 1.82) is 0 Å². The van der Waals surface area contributed by atoms with Crippen molar-refractivity contribution in [2.45, 2.75) is 26.4 Å². The van der Waals surface area contributed by atoms with E-state index >= 15 is 0 Å². The van der Waals surface area contributed by atoms with E-state index in [1.54, 1.807) is 57.2 Å². The van der Waals surface area contributed by atoms with Crippen molar-refractivity contribution in [3.05, 3.63) is 77.5 Å². The SMILES string of the molecule is CC(C)(C)OC(=O)c1nc2ccccc2cc1C(=O)c1ccccc1. The standard InChI is InChI=1S/C21H19NO3/c1-21(2,3)25-20(24)18-16(19(23)14-9-5-4-6-10-14)13-15-11-7-8-12-17(15)22-18/h4-13H,1-3H3. The summed E-state index contributed by atoms with van der Waals surface area (Å²) in [5, 5.41) is 0.800. The van der Waals surface area contributed by atoms with Crippen LogP contribution in [0.1, 0.15) is 47.2 Å². The lowest BCUT2D eigenvalue weighted by Gasteiger charge is -2.20. The fourth-order valence-corrected chi connectivity index (χ4v) is 2.52. The Balaban J connectivity index is 2.16. The smallest absolute Gasteiger partial charge is 0.358 e. The molecule has 4 nitrogen and oxygen atoms in total. The van der Waals surface area contributed by atoms with Crippen molar-refractivity contribution in [1.82, 2.24) is 4.98 Å². The number of ketones is 1. The van der Waals surface area contributed by atoms with Gasteiger partial charge in [0.1, 0.15) is 5.60 Å². The number of pyridine rings is 1. The summed E-state index contributed by atoms with van der Waals surface area (Å²) in [6.45, 7) is 5.35. The Labute approximate surface area is 146 Å². The van der Waals surface area contributed by atoms with Crippen molar-refractivity contribution in [3.8, 4) is 0 Å². The third-order valence-electron chi connectivity index (χ3n) is 3.60. The minimum Gasteiger partial charge on any atom is -0.455 e. The molecule has 25 heavy (non-hydrogen) atoms. The van der Waals surface area contributed by atoms with Crippen LogP contribution in [0.25, 0.3) is 10.9 Å². The van der Waals surface area contributed by atoms with Crippen LogP contribution < -0.4 is 0 Å². The molecule has 0 N–H and O–H groups in total.